The van der Waals surface area contributed by atoms with Gasteiger partial charge in [-0.3, -0.25) is 10.1 Å². The van der Waals surface area contributed by atoms with Crippen molar-refractivity contribution < 1.29 is 23.1 Å². The molecule has 2 unspecified atom stereocenters. The lowest BCUT2D eigenvalue weighted by Crippen LogP contribution is -2.73. The van der Waals surface area contributed by atoms with Gasteiger partial charge in [-0.15, -0.1) is 0 Å². The molecule has 4 saturated carbocycles. The van der Waals surface area contributed by atoms with Crippen molar-refractivity contribution in [1.82, 2.24) is 5.32 Å². The third-order valence-electron chi connectivity index (χ3n) is 5.96. The Morgan fingerprint density at radius 3 is 2.10 bits per heavy atom. The van der Waals surface area contributed by atoms with E-state index in [0.717, 1.165) is 0 Å². The average Bonchev–Trinajstić information content (AvgIpc) is 2.30. The molecule has 0 aliphatic heterocycles. The van der Waals surface area contributed by atoms with E-state index in [1.807, 2.05) is 13.8 Å². The van der Waals surface area contributed by atoms with Crippen LogP contribution in [-0.4, -0.2) is 28.8 Å². The summed E-state index contributed by atoms with van der Waals surface area (Å²) >= 11 is 0. The molecule has 4 aliphatic carbocycles. The van der Waals surface area contributed by atoms with E-state index in [2.05, 4.69) is 5.32 Å². The quantitative estimate of drug-likeness (QED) is 0.842. The van der Waals surface area contributed by atoms with Crippen LogP contribution in [0.2, 0.25) is 0 Å². The molecule has 21 heavy (non-hydrogen) atoms. The lowest BCUT2D eigenvalue weighted by Gasteiger charge is -2.64. The van der Waals surface area contributed by atoms with Crippen molar-refractivity contribution in [2.45, 2.75) is 63.7 Å². The summed E-state index contributed by atoms with van der Waals surface area (Å²) in [7, 11) is 0. The monoisotopic (exact) mass is 305 g/mol. The Morgan fingerprint density at radius 1 is 1.19 bits per heavy atom. The third kappa shape index (κ3) is 1.94. The van der Waals surface area contributed by atoms with Gasteiger partial charge >= 0.3 is 12.1 Å². The average molecular weight is 305 g/mol. The molecule has 3 nitrogen and oxygen atoms in total. The van der Waals surface area contributed by atoms with Crippen molar-refractivity contribution in [2.24, 2.45) is 23.2 Å². The second-order valence-corrected chi connectivity index (χ2v) is 7.59. The summed E-state index contributed by atoms with van der Waals surface area (Å²) in [4.78, 5) is 12.0. The second kappa shape index (κ2) is 4.37. The number of halogens is 3. The van der Waals surface area contributed by atoms with Gasteiger partial charge < -0.3 is 5.11 Å². The highest BCUT2D eigenvalue weighted by Gasteiger charge is 2.71. The maximum absolute atomic E-state index is 13.5. The molecular weight excluding hydrogens is 283 g/mol. The molecule has 0 aromatic carbocycles. The fraction of sp³-hybridized carbons (Fsp3) is 0.933. The van der Waals surface area contributed by atoms with E-state index in [1.165, 1.54) is 0 Å². The van der Waals surface area contributed by atoms with Crippen molar-refractivity contribution in [1.29, 1.82) is 0 Å². The fourth-order valence-electron chi connectivity index (χ4n) is 5.48. The fourth-order valence-corrected chi connectivity index (χ4v) is 5.48. The lowest BCUT2D eigenvalue weighted by atomic mass is 9.43. The Balaban J connectivity index is 2.01. The molecule has 0 aromatic heterocycles. The van der Waals surface area contributed by atoms with Gasteiger partial charge in [-0.1, -0.05) is 0 Å². The van der Waals surface area contributed by atoms with Crippen LogP contribution in [-0.2, 0) is 4.79 Å². The summed E-state index contributed by atoms with van der Waals surface area (Å²) in [6, 6.07) is -0.0551. The Hall–Kier alpha value is -0.780. The topological polar surface area (TPSA) is 49.3 Å². The number of rotatable bonds is 3. The minimum Gasteiger partial charge on any atom is -0.480 e. The Labute approximate surface area is 122 Å². The Kier molecular flexibility index (Phi) is 3.15. The van der Waals surface area contributed by atoms with Gasteiger partial charge in [-0.25, -0.2) is 0 Å². The second-order valence-electron chi connectivity index (χ2n) is 7.59. The summed E-state index contributed by atoms with van der Waals surface area (Å²) in [6.07, 6.45) is -2.86. The number of nitrogens with one attached hydrogen (secondary N) is 1. The first kappa shape index (κ1) is 15.1. The molecule has 0 saturated heterocycles. The molecule has 4 rings (SSSR count). The van der Waals surface area contributed by atoms with E-state index in [9.17, 15) is 23.1 Å². The number of carboxylic acids is 1. The highest BCUT2D eigenvalue weighted by atomic mass is 19.4. The Morgan fingerprint density at radius 2 is 1.71 bits per heavy atom. The highest BCUT2D eigenvalue weighted by molar-refractivity contribution is 5.80. The normalized spacial score (nSPS) is 45.3. The molecule has 0 amide bonds. The van der Waals surface area contributed by atoms with Crippen LogP contribution in [0.4, 0.5) is 13.2 Å². The molecule has 0 heterocycles. The number of hydrogen-bond acceptors (Lipinski definition) is 2. The minimum absolute atomic E-state index is 0.0322. The maximum Gasteiger partial charge on any atom is 0.394 e. The maximum atomic E-state index is 13.5. The number of alkyl halides is 3. The molecule has 120 valence electrons. The molecule has 4 aliphatic rings. The van der Waals surface area contributed by atoms with Gasteiger partial charge in [0.2, 0.25) is 0 Å². The van der Waals surface area contributed by atoms with E-state index in [-0.39, 0.29) is 31.2 Å². The van der Waals surface area contributed by atoms with Crippen LogP contribution in [0.3, 0.4) is 0 Å². The molecule has 6 heteroatoms. The summed E-state index contributed by atoms with van der Waals surface area (Å²) < 4.78 is 40.6. The largest absolute Gasteiger partial charge is 0.480 e. The zero-order chi connectivity index (χ0) is 15.6. The van der Waals surface area contributed by atoms with Crippen LogP contribution >= 0.6 is 0 Å². The van der Waals surface area contributed by atoms with E-state index >= 15 is 0 Å². The lowest BCUT2D eigenvalue weighted by molar-refractivity contribution is -0.286. The summed E-state index contributed by atoms with van der Waals surface area (Å²) in [5.41, 5.74) is -2.80. The van der Waals surface area contributed by atoms with Crippen molar-refractivity contribution in [3.05, 3.63) is 0 Å². The van der Waals surface area contributed by atoms with Crippen LogP contribution in [0, 0.1) is 23.2 Å². The number of aliphatic carboxylic acids is 1. The van der Waals surface area contributed by atoms with Gasteiger partial charge in [0.05, 0.1) is 5.41 Å². The first-order chi connectivity index (χ1) is 9.61. The zero-order valence-electron chi connectivity index (χ0n) is 12.3. The Bertz CT molecular complexity index is 444. The smallest absolute Gasteiger partial charge is 0.394 e. The van der Waals surface area contributed by atoms with Crippen molar-refractivity contribution >= 4 is 5.97 Å². The van der Waals surface area contributed by atoms with Crippen LogP contribution < -0.4 is 5.32 Å². The predicted octanol–water partition coefficient (Wildman–Crippen LogP) is 3.20. The van der Waals surface area contributed by atoms with Gasteiger partial charge in [0.15, 0.2) is 0 Å². The first-order valence-corrected chi connectivity index (χ1v) is 7.68. The van der Waals surface area contributed by atoms with Gasteiger partial charge in [0, 0.05) is 6.04 Å². The molecule has 4 bridgehead atoms. The van der Waals surface area contributed by atoms with Crippen LogP contribution in [0.5, 0.6) is 0 Å². The standard InChI is InChI=1S/C15H22F3NO2/c1-8(2)19-14(12(20)21)10-3-9-4-11(14)7-13(5-9,6-10)15(16,17)18/h8-11,19H,3-7H2,1-2H3,(H,20,21). The first-order valence-electron chi connectivity index (χ1n) is 7.68. The summed E-state index contributed by atoms with van der Waals surface area (Å²) in [5, 5.41) is 12.9. The highest BCUT2D eigenvalue weighted by Crippen LogP contribution is 2.68. The minimum atomic E-state index is -4.22. The molecule has 4 fully saturated rings. The molecular formula is C15H22F3NO2. The SMILES string of the molecule is CC(C)NC1(C(=O)O)C2CC3CC1CC(C(F)(F)F)(C3)C2. The predicted molar refractivity (Wildman–Crippen MR) is 70.7 cm³/mol. The summed E-state index contributed by atoms with van der Waals surface area (Å²) in [5.74, 6) is -1.76. The third-order valence-corrected chi connectivity index (χ3v) is 5.96. The van der Waals surface area contributed by atoms with E-state index in [1.54, 1.807) is 0 Å². The van der Waals surface area contributed by atoms with Crippen molar-refractivity contribution in [2.75, 3.05) is 0 Å². The van der Waals surface area contributed by atoms with Crippen LogP contribution in [0.1, 0.15) is 46.0 Å². The summed E-state index contributed by atoms with van der Waals surface area (Å²) in [6.45, 7) is 3.71. The molecule has 0 radical (unpaired) electrons. The van der Waals surface area contributed by atoms with Gasteiger partial charge in [0.1, 0.15) is 5.54 Å². The number of carboxylic acid groups (broad SMARTS) is 1. The zero-order valence-corrected chi connectivity index (χ0v) is 12.3. The van der Waals surface area contributed by atoms with E-state index < -0.39 is 34.9 Å². The molecule has 0 aromatic rings. The van der Waals surface area contributed by atoms with Crippen molar-refractivity contribution in [3.8, 4) is 0 Å². The molecule has 2 atom stereocenters. The number of carbonyl (C=O) groups is 1. The molecule has 2 N–H and O–H groups in total. The van der Waals surface area contributed by atoms with Crippen molar-refractivity contribution in [3.63, 3.8) is 0 Å². The van der Waals surface area contributed by atoms with Crippen LogP contribution in [0.25, 0.3) is 0 Å². The van der Waals surface area contributed by atoms with Gasteiger partial charge in [0.25, 0.3) is 0 Å². The van der Waals surface area contributed by atoms with Gasteiger partial charge in [-0.2, -0.15) is 13.2 Å². The van der Waals surface area contributed by atoms with Crippen LogP contribution in [0.15, 0.2) is 0 Å². The number of hydrogen-bond donors (Lipinski definition) is 2. The molecule has 0 spiro atoms. The van der Waals surface area contributed by atoms with E-state index in [0.29, 0.717) is 12.8 Å². The van der Waals surface area contributed by atoms with Gasteiger partial charge in [-0.05, 0) is 63.7 Å². The van der Waals surface area contributed by atoms with E-state index in [4.69, 9.17) is 0 Å².